The van der Waals surface area contributed by atoms with Crippen molar-refractivity contribution in [1.82, 2.24) is 10.3 Å². The molecule has 1 amide bonds. The summed E-state index contributed by atoms with van der Waals surface area (Å²) in [6.07, 6.45) is 3.25. The Kier molecular flexibility index (Phi) is 5.90. The lowest BCUT2D eigenvalue weighted by molar-refractivity contribution is 0.0939. The number of nitrogens with zero attached hydrogens (tertiary/aromatic N) is 1. The normalized spacial score (nSPS) is 11.2. The van der Waals surface area contributed by atoms with Crippen molar-refractivity contribution in [3.8, 4) is 16.9 Å². The number of carbonyl (C=O) groups is 1. The second kappa shape index (κ2) is 8.11. The molecule has 0 spiro atoms. The molecule has 0 aliphatic heterocycles. The summed E-state index contributed by atoms with van der Waals surface area (Å²) in [7, 11) is 0. The fourth-order valence-corrected chi connectivity index (χ4v) is 2.48. The quantitative estimate of drug-likeness (QED) is 0.734. The Morgan fingerprint density at radius 1 is 1.00 bits per heavy atom. The van der Waals surface area contributed by atoms with E-state index in [-0.39, 0.29) is 25.1 Å². The summed E-state index contributed by atoms with van der Waals surface area (Å²) in [4.78, 5) is 16.6. The number of rotatable bonds is 4. The molecule has 4 nitrogen and oxygen atoms in total. The van der Waals surface area contributed by atoms with Crippen LogP contribution in [0.3, 0.4) is 0 Å². The van der Waals surface area contributed by atoms with Gasteiger partial charge in [-0.3, -0.25) is 9.78 Å². The van der Waals surface area contributed by atoms with Gasteiger partial charge >= 0.3 is 0 Å². The number of hydrogen-bond donors (Lipinski definition) is 2. The number of phenolic OH excluding ortho intramolecular Hbond substituents is 1. The first-order valence-corrected chi connectivity index (χ1v) is 7.74. The van der Waals surface area contributed by atoms with Crippen LogP contribution in [-0.4, -0.2) is 16.0 Å². The zero-order valence-corrected chi connectivity index (χ0v) is 13.3. The first-order valence-electron chi connectivity index (χ1n) is 7.74. The van der Waals surface area contributed by atoms with E-state index in [0.29, 0.717) is 5.56 Å². The molecule has 3 aromatic rings. The van der Waals surface area contributed by atoms with Gasteiger partial charge in [-0.1, -0.05) is 49.9 Å². The molecule has 25 heavy (non-hydrogen) atoms. The number of phenols is 1. The minimum absolute atomic E-state index is 0. The van der Waals surface area contributed by atoms with Crippen LogP contribution in [0.25, 0.3) is 11.1 Å². The topological polar surface area (TPSA) is 62.2 Å². The van der Waals surface area contributed by atoms with E-state index in [2.05, 4.69) is 10.3 Å². The van der Waals surface area contributed by atoms with Gasteiger partial charge in [0.15, 0.2) is 0 Å². The molecule has 128 valence electrons. The highest BCUT2D eigenvalue weighted by atomic mass is 16.3. The van der Waals surface area contributed by atoms with Gasteiger partial charge in [0, 0.05) is 18.0 Å². The Bertz CT molecular complexity index is 830. The molecule has 0 aliphatic rings. The Hall–Kier alpha value is -3.14. The molecule has 0 unspecified atom stereocenters. The first kappa shape index (κ1) is 18.2. The first-order chi connectivity index (χ1) is 11.6. The SMILES string of the molecule is C.C[C@@H](NC(=O)c1cncc(-c2ccc(O)cc2)c1)c1ccccc1. The summed E-state index contributed by atoms with van der Waals surface area (Å²) in [5, 5.41) is 12.4. The van der Waals surface area contributed by atoms with Gasteiger partial charge in [-0.25, -0.2) is 0 Å². The number of benzene rings is 2. The van der Waals surface area contributed by atoms with Crippen LogP contribution in [0, 0.1) is 0 Å². The molecular formula is C21H22N2O2. The largest absolute Gasteiger partial charge is 0.508 e. The van der Waals surface area contributed by atoms with Gasteiger partial charge in [-0.15, -0.1) is 0 Å². The van der Waals surface area contributed by atoms with Crippen LogP contribution in [0.1, 0.15) is 36.3 Å². The molecule has 0 bridgehead atoms. The molecule has 0 saturated carbocycles. The smallest absolute Gasteiger partial charge is 0.253 e. The summed E-state index contributed by atoms with van der Waals surface area (Å²) in [5.41, 5.74) is 3.28. The molecule has 0 aliphatic carbocycles. The molecule has 1 aromatic heterocycles. The van der Waals surface area contributed by atoms with E-state index in [4.69, 9.17) is 0 Å². The molecule has 2 aromatic carbocycles. The average molecular weight is 334 g/mol. The molecule has 0 radical (unpaired) electrons. The highest BCUT2D eigenvalue weighted by molar-refractivity contribution is 5.95. The second-order valence-electron chi connectivity index (χ2n) is 5.61. The van der Waals surface area contributed by atoms with Crippen LogP contribution >= 0.6 is 0 Å². The standard InChI is InChI=1S/C20H18N2O2.CH4/c1-14(15-5-3-2-4-6-15)22-20(24)18-11-17(12-21-13-18)16-7-9-19(23)10-8-16;/h2-14,23H,1H3,(H,22,24);1H4/t14-;/m1./s1. The van der Waals surface area contributed by atoms with Crippen LogP contribution < -0.4 is 5.32 Å². The monoisotopic (exact) mass is 334 g/mol. The summed E-state index contributed by atoms with van der Waals surface area (Å²) >= 11 is 0. The lowest BCUT2D eigenvalue weighted by atomic mass is 10.0. The maximum absolute atomic E-state index is 12.5. The van der Waals surface area contributed by atoms with Crippen molar-refractivity contribution in [3.05, 3.63) is 84.2 Å². The van der Waals surface area contributed by atoms with Crippen LogP contribution in [-0.2, 0) is 0 Å². The van der Waals surface area contributed by atoms with E-state index in [1.165, 1.54) is 0 Å². The number of pyridine rings is 1. The van der Waals surface area contributed by atoms with Gasteiger partial charge in [-0.2, -0.15) is 0 Å². The zero-order valence-electron chi connectivity index (χ0n) is 13.3. The summed E-state index contributed by atoms with van der Waals surface area (Å²) < 4.78 is 0. The minimum atomic E-state index is -0.167. The lowest BCUT2D eigenvalue weighted by Crippen LogP contribution is -2.26. The molecule has 1 atom stereocenters. The van der Waals surface area contributed by atoms with Gasteiger partial charge < -0.3 is 10.4 Å². The van der Waals surface area contributed by atoms with Gasteiger partial charge in [0.25, 0.3) is 5.91 Å². The fourth-order valence-electron chi connectivity index (χ4n) is 2.48. The second-order valence-corrected chi connectivity index (χ2v) is 5.61. The molecule has 4 heteroatoms. The average Bonchev–Trinajstić information content (AvgIpc) is 2.63. The van der Waals surface area contributed by atoms with Crippen molar-refractivity contribution >= 4 is 5.91 Å². The number of aromatic hydroxyl groups is 1. The Morgan fingerprint density at radius 2 is 1.68 bits per heavy atom. The van der Waals surface area contributed by atoms with E-state index in [0.717, 1.165) is 16.7 Å². The van der Waals surface area contributed by atoms with Crippen LogP contribution in [0.4, 0.5) is 0 Å². The molecular weight excluding hydrogens is 312 g/mol. The maximum Gasteiger partial charge on any atom is 0.253 e. The fraction of sp³-hybridized carbons (Fsp3) is 0.143. The van der Waals surface area contributed by atoms with Gasteiger partial charge in [-0.05, 0) is 36.2 Å². The van der Waals surface area contributed by atoms with Crippen molar-refractivity contribution in [2.75, 3.05) is 0 Å². The van der Waals surface area contributed by atoms with Gasteiger partial charge in [0.05, 0.1) is 11.6 Å². The number of amides is 1. The Balaban J connectivity index is 0.00000225. The van der Waals surface area contributed by atoms with E-state index >= 15 is 0 Å². The lowest BCUT2D eigenvalue weighted by Gasteiger charge is -2.14. The van der Waals surface area contributed by atoms with Crippen molar-refractivity contribution < 1.29 is 9.90 Å². The van der Waals surface area contributed by atoms with E-state index in [9.17, 15) is 9.90 Å². The number of nitrogens with one attached hydrogen (secondary N) is 1. The number of hydrogen-bond acceptors (Lipinski definition) is 3. The van der Waals surface area contributed by atoms with Crippen molar-refractivity contribution in [2.45, 2.75) is 20.4 Å². The van der Waals surface area contributed by atoms with Crippen LogP contribution in [0.15, 0.2) is 73.1 Å². The predicted molar refractivity (Wildman–Crippen MR) is 100 cm³/mol. The van der Waals surface area contributed by atoms with Crippen molar-refractivity contribution in [3.63, 3.8) is 0 Å². The molecule has 0 fully saturated rings. The molecule has 3 rings (SSSR count). The highest BCUT2D eigenvalue weighted by Crippen LogP contribution is 2.22. The number of aromatic nitrogens is 1. The summed E-state index contributed by atoms with van der Waals surface area (Å²) in [6.45, 7) is 1.95. The highest BCUT2D eigenvalue weighted by Gasteiger charge is 2.12. The van der Waals surface area contributed by atoms with Crippen molar-refractivity contribution in [2.24, 2.45) is 0 Å². The summed E-state index contributed by atoms with van der Waals surface area (Å²) in [6, 6.07) is 18.3. The Morgan fingerprint density at radius 3 is 2.36 bits per heavy atom. The minimum Gasteiger partial charge on any atom is -0.508 e. The van der Waals surface area contributed by atoms with E-state index < -0.39 is 0 Å². The zero-order chi connectivity index (χ0) is 16.9. The summed E-state index contributed by atoms with van der Waals surface area (Å²) in [5.74, 6) is 0.0387. The maximum atomic E-state index is 12.5. The van der Waals surface area contributed by atoms with Gasteiger partial charge in [0.1, 0.15) is 5.75 Å². The number of carbonyl (C=O) groups excluding carboxylic acids is 1. The third kappa shape index (κ3) is 4.44. The molecule has 0 saturated heterocycles. The van der Waals surface area contributed by atoms with E-state index in [1.54, 1.807) is 42.7 Å². The third-order valence-corrected chi connectivity index (χ3v) is 3.85. The van der Waals surface area contributed by atoms with Gasteiger partial charge in [0.2, 0.25) is 0 Å². The van der Waals surface area contributed by atoms with Crippen LogP contribution in [0.2, 0.25) is 0 Å². The third-order valence-electron chi connectivity index (χ3n) is 3.85. The van der Waals surface area contributed by atoms with Crippen molar-refractivity contribution in [1.29, 1.82) is 0 Å². The van der Waals surface area contributed by atoms with E-state index in [1.807, 2.05) is 37.3 Å². The van der Waals surface area contributed by atoms with Crippen LogP contribution in [0.5, 0.6) is 5.75 Å². The predicted octanol–water partition coefficient (Wildman–Crippen LogP) is 4.58. The molecule has 1 heterocycles. The molecule has 2 N–H and O–H groups in total. The Labute approximate surface area is 148 Å².